The minimum Gasteiger partial charge on any atom is -0.327 e. The Morgan fingerprint density at radius 1 is 1.23 bits per heavy atom. The van der Waals surface area contributed by atoms with Gasteiger partial charge in [0.1, 0.15) is 0 Å². The highest BCUT2D eigenvalue weighted by Gasteiger charge is 2.26. The van der Waals surface area contributed by atoms with Gasteiger partial charge in [0.15, 0.2) is 0 Å². The molecule has 1 atom stereocenters. The lowest BCUT2D eigenvalue weighted by atomic mass is 9.83. The summed E-state index contributed by atoms with van der Waals surface area (Å²) in [6.45, 7) is 5.64. The predicted molar refractivity (Wildman–Crippen MR) is 125 cm³/mol. The molecule has 0 spiro atoms. The number of fused-ring (bicyclic) bond motifs is 1. The van der Waals surface area contributed by atoms with Crippen LogP contribution in [0.15, 0.2) is 60.9 Å². The third kappa shape index (κ3) is 6.26. The lowest BCUT2D eigenvalue weighted by Gasteiger charge is -2.33. The zero-order valence-corrected chi connectivity index (χ0v) is 18.7. The van der Waals surface area contributed by atoms with E-state index in [1.165, 1.54) is 11.6 Å². The van der Waals surface area contributed by atoms with Gasteiger partial charge in [0.25, 0.3) is 5.91 Å². The largest absolute Gasteiger partial charge is 0.327 e. The minimum atomic E-state index is -0.559. The van der Waals surface area contributed by atoms with Crippen molar-refractivity contribution in [1.82, 2.24) is 19.9 Å². The van der Waals surface area contributed by atoms with Crippen molar-refractivity contribution in [3.63, 3.8) is 0 Å². The van der Waals surface area contributed by atoms with Gasteiger partial charge in [0, 0.05) is 18.7 Å². The molecule has 0 aliphatic rings. The molecule has 0 saturated carbocycles. The smallest absolute Gasteiger partial charge is 0.267 e. The van der Waals surface area contributed by atoms with E-state index in [9.17, 15) is 4.79 Å². The van der Waals surface area contributed by atoms with Crippen LogP contribution in [0.5, 0.6) is 0 Å². The Hall–Kier alpha value is -2.96. The molecule has 0 aliphatic heterocycles. The van der Waals surface area contributed by atoms with E-state index in [0.29, 0.717) is 0 Å². The molecule has 6 nitrogen and oxygen atoms in total. The van der Waals surface area contributed by atoms with Gasteiger partial charge in [0.05, 0.1) is 17.4 Å². The lowest BCUT2D eigenvalue weighted by molar-refractivity contribution is -0.124. The Bertz CT molecular complexity index is 1040. The first-order valence-electron chi connectivity index (χ1n) is 10.5. The monoisotopic (exact) mass is 420 g/mol. The summed E-state index contributed by atoms with van der Waals surface area (Å²) in [4.78, 5) is 18.1. The molecular weight excluding hydrogens is 388 g/mol. The van der Waals surface area contributed by atoms with Gasteiger partial charge in [-0.25, -0.2) is 10.5 Å². The molecule has 0 saturated heterocycles. The molecule has 0 fully saturated rings. The van der Waals surface area contributed by atoms with Gasteiger partial charge < -0.3 is 9.47 Å². The summed E-state index contributed by atoms with van der Waals surface area (Å²) < 4.78 is 2.29. The molecule has 1 aromatic heterocycles. The molecule has 1 amide bonds. The number of hydrogen-bond donors (Lipinski definition) is 2. The summed E-state index contributed by atoms with van der Waals surface area (Å²) >= 11 is 0. The fourth-order valence-electron chi connectivity index (χ4n) is 4.37. The van der Waals surface area contributed by atoms with Gasteiger partial charge in [-0.15, -0.1) is 0 Å². The molecule has 0 aliphatic carbocycles. The molecule has 1 heterocycles. The number of benzene rings is 2. The Morgan fingerprint density at radius 3 is 2.65 bits per heavy atom. The SMILES string of the molecule is CN(C)CC(C)(C)CC(Cc1ccccc1)n1cnc2cc(C=CC(=O)NO)ccc21. The number of nitrogens with one attached hydrogen (secondary N) is 1. The van der Waals surface area contributed by atoms with Crippen molar-refractivity contribution in [3.05, 3.63) is 72.1 Å². The van der Waals surface area contributed by atoms with Crippen molar-refractivity contribution in [3.8, 4) is 0 Å². The first-order valence-corrected chi connectivity index (χ1v) is 10.5. The van der Waals surface area contributed by atoms with Crippen LogP contribution in [0.2, 0.25) is 0 Å². The second kappa shape index (κ2) is 9.90. The maximum Gasteiger partial charge on any atom is 0.267 e. The van der Waals surface area contributed by atoms with E-state index >= 15 is 0 Å². The van der Waals surface area contributed by atoms with E-state index in [2.05, 4.69) is 72.7 Å². The Balaban J connectivity index is 1.93. The number of nitrogens with zero attached hydrogens (tertiary/aromatic N) is 3. The lowest BCUT2D eigenvalue weighted by Crippen LogP contribution is -2.31. The van der Waals surface area contributed by atoms with E-state index in [1.807, 2.05) is 24.5 Å². The van der Waals surface area contributed by atoms with Crippen molar-refractivity contribution in [1.29, 1.82) is 0 Å². The van der Waals surface area contributed by atoms with Crippen LogP contribution in [0.1, 0.15) is 37.4 Å². The predicted octanol–water partition coefficient (Wildman–Crippen LogP) is 4.32. The number of carbonyl (C=O) groups is 1. The molecule has 31 heavy (non-hydrogen) atoms. The number of rotatable bonds is 9. The number of amides is 1. The fraction of sp³-hybridized carbons (Fsp3) is 0.360. The highest BCUT2D eigenvalue weighted by Crippen LogP contribution is 2.33. The molecule has 2 aromatic carbocycles. The van der Waals surface area contributed by atoms with Crippen LogP contribution >= 0.6 is 0 Å². The Kier molecular flexibility index (Phi) is 7.25. The van der Waals surface area contributed by atoms with Crippen LogP contribution in [0.25, 0.3) is 17.1 Å². The summed E-state index contributed by atoms with van der Waals surface area (Å²) in [5.74, 6) is -0.559. The standard InChI is InChI=1S/C25H32N4O2/c1-25(2,17-28(3)4)16-21(14-19-8-6-5-7-9-19)29-18-26-22-15-20(10-12-23(22)29)11-13-24(30)27-31/h5-13,15,18,21,31H,14,16-17H2,1-4H3,(H,27,30). The van der Waals surface area contributed by atoms with Crippen molar-refractivity contribution in [2.24, 2.45) is 5.41 Å². The van der Waals surface area contributed by atoms with E-state index < -0.39 is 5.91 Å². The van der Waals surface area contributed by atoms with Crippen LogP contribution < -0.4 is 5.48 Å². The number of hydrogen-bond acceptors (Lipinski definition) is 4. The molecular formula is C25H32N4O2. The van der Waals surface area contributed by atoms with Gasteiger partial charge in [0.2, 0.25) is 0 Å². The van der Waals surface area contributed by atoms with Crippen molar-refractivity contribution in [2.75, 3.05) is 20.6 Å². The zero-order chi connectivity index (χ0) is 22.4. The van der Waals surface area contributed by atoms with E-state index in [0.717, 1.165) is 36.0 Å². The molecule has 2 N–H and O–H groups in total. The average molecular weight is 421 g/mol. The normalized spacial score (nSPS) is 13.2. The first kappa shape index (κ1) is 22.7. The van der Waals surface area contributed by atoms with E-state index in [4.69, 9.17) is 5.21 Å². The Labute approximate surface area is 184 Å². The number of aromatic nitrogens is 2. The minimum absolute atomic E-state index is 0.139. The number of carbonyl (C=O) groups excluding carboxylic acids is 1. The van der Waals surface area contributed by atoms with Gasteiger partial charge in [-0.3, -0.25) is 10.0 Å². The van der Waals surface area contributed by atoms with Crippen LogP contribution in [0, 0.1) is 5.41 Å². The highest BCUT2D eigenvalue weighted by atomic mass is 16.5. The van der Waals surface area contributed by atoms with Crippen LogP contribution in [0.3, 0.4) is 0 Å². The number of hydroxylamine groups is 1. The van der Waals surface area contributed by atoms with Crippen LogP contribution in [-0.4, -0.2) is 46.2 Å². The molecule has 3 rings (SSSR count). The second-order valence-corrected chi connectivity index (χ2v) is 9.16. The molecule has 0 radical (unpaired) electrons. The molecule has 6 heteroatoms. The Morgan fingerprint density at radius 2 is 1.97 bits per heavy atom. The maximum absolute atomic E-state index is 11.3. The van der Waals surface area contributed by atoms with Crippen LogP contribution in [-0.2, 0) is 11.2 Å². The quantitative estimate of drug-likeness (QED) is 0.307. The summed E-state index contributed by atoms with van der Waals surface area (Å²) in [5, 5.41) is 8.65. The van der Waals surface area contributed by atoms with Crippen molar-refractivity contribution < 1.29 is 10.0 Å². The topological polar surface area (TPSA) is 70.4 Å². The van der Waals surface area contributed by atoms with Gasteiger partial charge >= 0.3 is 0 Å². The highest BCUT2D eigenvalue weighted by molar-refractivity contribution is 5.91. The van der Waals surface area contributed by atoms with Gasteiger partial charge in [-0.1, -0.05) is 50.2 Å². The second-order valence-electron chi connectivity index (χ2n) is 9.16. The summed E-state index contributed by atoms with van der Waals surface area (Å²) in [7, 11) is 4.24. The molecule has 1 unspecified atom stereocenters. The van der Waals surface area contributed by atoms with Crippen LogP contribution in [0.4, 0.5) is 0 Å². The zero-order valence-electron chi connectivity index (χ0n) is 18.7. The summed E-state index contributed by atoms with van der Waals surface area (Å²) in [5.41, 5.74) is 5.86. The van der Waals surface area contributed by atoms with E-state index in [1.54, 1.807) is 11.6 Å². The third-order valence-corrected chi connectivity index (χ3v) is 5.38. The molecule has 0 bridgehead atoms. The summed E-state index contributed by atoms with van der Waals surface area (Å²) in [6, 6.07) is 16.8. The van der Waals surface area contributed by atoms with Gasteiger partial charge in [-0.2, -0.15) is 0 Å². The third-order valence-electron chi connectivity index (χ3n) is 5.38. The van der Waals surface area contributed by atoms with Crippen molar-refractivity contribution >= 4 is 23.0 Å². The van der Waals surface area contributed by atoms with Gasteiger partial charge in [-0.05, 0) is 61.7 Å². The molecule has 3 aromatic rings. The fourth-order valence-corrected chi connectivity index (χ4v) is 4.37. The summed E-state index contributed by atoms with van der Waals surface area (Å²) in [6.07, 6.45) is 6.83. The number of imidazole rings is 1. The molecule has 164 valence electrons. The first-order chi connectivity index (χ1) is 14.8. The van der Waals surface area contributed by atoms with Crippen molar-refractivity contribution in [2.45, 2.75) is 32.7 Å². The maximum atomic E-state index is 11.3. The average Bonchev–Trinajstić information content (AvgIpc) is 3.14. The van der Waals surface area contributed by atoms with E-state index in [-0.39, 0.29) is 11.5 Å².